The first-order valence-electron chi connectivity index (χ1n) is 12.3. The summed E-state index contributed by atoms with van der Waals surface area (Å²) in [5.74, 6) is 0.0153. The van der Waals surface area contributed by atoms with Crippen molar-refractivity contribution in [3.63, 3.8) is 0 Å². The van der Waals surface area contributed by atoms with E-state index in [1.807, 2.05) is 66.7 Å². The molecule has 4 N–H and O–H groups in total. The number of carbonyl (C=O) groups is 2. The molecule has 0 aliphatic rings. The van der Waals surface area contributed by atoms with Crippen LogP contribution >= 0.6 is 0 Å². The van der Waals surface area contributed by atoms with Crippen LogP contribution in [0.25, 0.3) is 0 Å². The van der Waals surface area contributed by atoms with Gasteiger partial charge in [0.2, 0.25) is 11.8 Å². The molecule has 4 aromatic rings. The minimum atomic E-state index is -1.17. The second-order valence-electron chi connectivity index (χ2n) is 8.78. The molecule has 0 heterocycles. The number of primary amides is 1. The second kappa shape index (κ2) is 13.2. The number of nitrogens with one attached hydrogen (secondary N) is 1. The van der Waals surface area contributed by atoms with E-state index in [9.17, 15) is 14.7 Å². The maximum Gasteiger partial charge on any atom is 0.243 e. The monoisotopic (exact) mass is 510 g/mol. The molecule has 0 fully saturated rings. The second-order valence-corrected chi connectivity index (χ2v) is 8.78. The number of carbonyl (C=O) groups excluding carboxylic acids is 2. The molecule has 0 saturated heterocycles. The first kappa shape index (κ1) is 26.6. The minimum Gasteiger partial charge on any atom is -0.457 e. The lowest BCUT2D eigenvalue weighted by atomic mass is 10.00. The molecular formula is C31H30N2O5. The Kier molecular flexibility index (Phi) is 9.23. The summed E-state index contributed by atoms with van der Waals surface area (Å²) in [5, 5.41) is 13.2. The standard InChI is InChI=1S/C31H30N2O5/c32-31(36)29(33-28(35)20-27(34)23-12-6-2-7-13-23)30(37-21-22-10-4-1-5-11-22)24-16-18-26(19-17-24)38-25-14-8-3-9-15-25/h1-19,27,29-30,34H,20-21H2,(H2,32,36)(H,33,35). The highest BCUT2D eigenvalue weighted by molar-refractivity contribution is 5.87. The first-order chi connectivity index (χ1) is 18.5. The van der Waals surface area contributed by atoms with Gasteiger partial charge in [-0.3, -0.25) is 9.59 Å². The van der Waals surface area contributed by atoms with Gasteiger partial charge in [-0.2, -0.15) is 0 Å². The van der Waals surface area contributed by atoms with Crippen LogP contribution in [-0.4, -0.2) is 23.0 Å². The summed E-state index contributed by atoms with van der Waals surface area (Å²) in [7, 11) is 0. The van der Waals surface area contributed by atoms with Crippen LogP contribution in [0.5, 0.6) is 11.5 Å². The van der Waals surface area contributed by atoms with Gasteiger partial charge >= 0.3 is 0 Å². The topological polar surface area (TPSA) is 111 Å². The third-order valence-electron chi connectivity index (χ3n) is 5.95. The van der Waals surface area contributed by atoms with Crippen molar-refractivity contribution in [2.75, 3.05) is 0 Å². The lowest BCUT2D eigenvalue weighted by Crippen LogP contribution is -2.49. The number of ether oxygens (including phenoxy) is 2. The van der Waals surface area contributed by atoms with Crippen molar-refractivity contribution in [3.05, 3.63) is 132 Å². The fourth-order valence-corrected chi connectivity index (χ4v) is 3.99. The molecule has 0 aliphatic carbocycles. The molecule has 0 radical (unpaired) electrons. The van der Waals surface area contributed by atoms with Crippen molar-refractivity contribution < 1.29 is 24.2 Å². The van der Waals surface area contributed by atoms with Crippen LogP contribution in [0.4, 0.5) is 0 Å². The van der Waals surface area contributed by atoms with Gasteiger partial charge in [-0.05, 0) is 41.0 Å². The van der Waals surface area contributed by atoms with Crippen molar-refractivity contribution >= 4 is 11.8 Å². The Morgan fingerprint density at radius 1 is 0.737 bits per heavy atom. The van der Waals surface area contributed by atoms with Gasteiger partial charge in [0, 0.05) is 0 Å². The van der Waals surface area contributed by atoms with Gasteiger partial charge in [-0.25, -0.2) is 0 Å². The average Bonchev–Trinajstić information content (AvgIpc) is 2.95. The van der Waals surface area contributed by atoms with E-state index in [4.69, 9.17) is 15.2 Å². The largest absolute Gasteiger partial charge is 0.457 e. The third kappa shape index (κ3) is 7.52. The van der Waals surface area contributed by atoms with Crippen LogP contribution < -0.4 is 15.8 Å². The number of nitrogens with two attached hydrogens (primary N) is 1. The zero-order valence-corrected chi connectivity index (χ0v) is 20.8. The zero-order valence-electron chi connectivity index (χ0n) is 20.8. The summed E-state index contributed by atoms with van der Waals surface area (Å²) in [6.45, 7) is 0.195. The van der Waals surface area contributed by atoms with E-state index >= 15 is 0 Å². The van der Waals surface area contributed by atoms with Gasteiger partial charge in [0.05, 0.1) is 19.1 Å². The fraction of sp³-hybridized carbons (Fsp3) is 0.161. The molecule has 194 valence electrons. The maximum absolute atomic E-state index is 12.9. The minimum absolute atomic E-state index is 0.195. The summed E-state index contributed by atoms with van der Waals surface area (Å²) in [6, 6.07) is 33.6. The van der Waals surface area contributed by atoms with Crippen molar-refractivity contribution in [1.29, 1.82) is 0 Å². The molecule has 0 saturated carbocycles. The Labute approximate surface area is 221 Å². The lowest BCUT2D eigenvalue weighted by Gasteiger charge is -2.27. The molecular weight excluding hydrogens is 480 g/mol. The SMILES string of the molecule is NC(=O)C(NC(=O)CC(O)c1ccccc1)C(OCc1ccccc1)c1ccc(Oc2ccccc2)cc1. The van der Waals surface area contributed by atoms with Crippen molar-refractivity contribution in [2.24, 2.45) is 5.73 Å². The van der Waals surface area contributed by atoms with Crippen molar-refractivity contribution in [1.82, 2.24) is 5.32 Å². The van der Waals surface area contributed by atoms with Gasteiger partial charge in [0.1, 0.15) is 23.6 Å². The summed E-state index contributed by atoms with van der Waals surface area (Å²) in [5.41, 5.74) is 7.88. The molecule has 0 spiro atoms. The highest BCUT2D eigenvalue weighted by Crippen LogP contribution is 2.28. The molecule has 7 heteroatoms. The molecule has 3 atom stereocenters. The van der Waals surface area contributed by atoms with E-state index in [0.717, 1.165) is 5.56 Å². The molecule has 0 bridgehead atoms. The molecule has 4 aromatic carbocycles. The Balaban J connectivity index is 1.53. The lowest BCUT2D eigenvalue weighted by molar-refractivity contribution is -0.133. The number of amides is 2. The van der Waals surface area contributed by atoms with Crippen molar-refractivity contribution in [2.45, 2.75) is 31.3 Å². The van der Waals surface area contributed by atoms with E-state index in [0.29, 0.717) is 22.6 Å². The van der Waals surface area contributed by atoms with Gasteiger partial charge in [0.15, 0.2) is 0 Å². The normalized spacial score (nSPS) is 13.2. The molecule has 38 heavy (non-hydrogen) atoms. The first-order valence-corrected chi connectivity index (χ1v) is 12.3. The number of aliphatic hydroxyl groups is 1. The Morgan fingerprint density at radius 3 is 1.89 bits per heavy atom. The molecule has 4 rings (SSSR count). The van der Waals surface area contributed by atoms with Crippen LogP contribution in [0.2, 0.25) is 0 Å². The molecule has 2 amide bonds. The molecule has 7 nitrogen and oxygen atoms in total. The number of para-hydroxylation sites is 1. The third-order valence-corrected chi connectivity index (χ3v) is 5.95. The highest BCUT2D eigenvalue weighted by Gasteiger charge is 2.31. The zero-order chi connectivity index (χ0) is 26.7. The molecule has 3 unspecified atom stereocenters. The number of hydrogen-bond donors (Lipinski definition) is 3. The summed E-state index contributed by atoms with van der Waals surface area (Å²) >= 11 is 0. The molecule has 0 aromatic heterocycles. The smallest absolute Gasteiger partial charge is 0.243 e. The van der Waals surface area contributed by atoms with Gasteiger partial charge in [0.25, 0.3) is 0 Å². The Morgan fingerprint density at radius 2 is 1.29 bits per heavy atom. The fourth-order valence-electron chi connectivity index (χ4n) is 3.99. The summed E-state index contributed by atoms with van der Waals surface area (Å²) in [4.78, 5) is 25.4. The maximum atomic E-state index is 12.9. The van der Waals surface area contributed by atoms with Crippen molar-refractivity contribution in [3.8, 4) is 11.5 Å². The van der Waals surface area contributed by atoms with Gasteiger partial charge in [-0.1, -0.05) is 91.0 Å². The predicted molar refractivity (Wildman–Crippen MR) is 144 cm³/mol. The van der Waals surface area contributed by atoms with Gasteiger partial charge in [-0.15, -0.1) is 0 Å². The highest BCUT2D eigenvalue weighted by atomic mass is 16.5. The Hall–Kier alpha value is -4.46. The predicted octanol–water partition coefficient (Wildman–Crippen LogP) is 4.83. The summed E-state index contributed by atoms with van der Waals surface area (Å²) < 4.78 is 12.0. The van der Waals surface area contributed by atoms with Gasteiger partial charge < -0.3 is 25.6 Å². The number of benzene rings is 4. The van der Waals surface area contributed by atoms with E-state index in [2.05, 4.69) is 5.32 Å². The van der Waals surface area contributed by atoms with Crippen LogP contribution in [0.15, 0.2) is 115 Å². The van der Waals surface area contributed by atoms with Crippen LogP contribution in [0.3, 0.4) is 0 Å². The van der Waals surface area contributed by atoms with E-state index in [-0.39, 0.29) is 13.0 Å². The van der Waals surface area contributed by atoms with E-state index < -0.39 is 30.1 Å². The number of hydrogen-bond acceptors (Lipinski definition) is 5. The Bertz CT molecular complexity index is 1300. The van der Waals surface area contributed by atoms with E-state index in [1.165, 1.54) is 0 Å². The summed E-state index contributed by atoms with van der Waals surface area (Å²) in [6.07, 6.45) is -2.14. The number of rotatable bonds is 12. The average molecular weight is 511 g/mol. The van der Waals surface area contributed by atoms with Crippen LogP contribution in [0, 0.1) is 0 Å². The van der Waals surface area contributed by atoms with Crippen LogP contribution in [-0.2, 0) is 20.9 Å². The van der Waals surface area contributed by atoms with Crippen LogP contribution in [0.1, 0.15) is 35.3 Å². The molecule has 0 aliphatic heterocycles. The number of aliphatic hydroxyl groups excluding tert-OH is 1. The quantitative estimate of drug-likeness (QED) is 0.253. The van der Waals surface area contributed by atoms with E-state index in [1.54, 1.807) is 48.5 Å².